The Kier molecular flexibility index (Phi) is 2.25. The second-order valence-electron chi connectivity index (χ2n) is 2.93. The summed E-state index contributed by atoms with van der Waals surface area (Å²) in [6.07, 6.45) is 3.86. The number of rotatable bonds is 2. The molecule has 56 valence electrons. The molecule has 0 bridgehead atoms. The molecule has 0 saturated carbocycles. The van der Waals surface area contributed by atoms with E-state index >= 15 is 0 Å². The molecule has 10 heavy (non-hydrogen) atoms. The first kappa shape index (κ1) is 7.52. The van der Waals surface area contributed by atoms with E-state index in [9.17, 15) is 4.79 Å². The van der Waals surface area contributed by atoms with E-state index in [1.807, 2.05) is 0 Å². The van der Waals surface area contributed by atoms with Gasteiger partial charge < -0.3 is 0 Å². The van der Waals surface area contributed by atoms with Gasteiger partial charge >= 0.3 is 0 Å². The van der Waals surface area contributed by atoms with E-state index in [0.717, 1.165) is 31.3 Å². The summed E-state index contributed by atoms with van der Waals surface area (Å²) in [6.45, 7) is 4.20. The van der Waals surface area contributed by atoms with E-state index in [4.69, 9.17) is 0 Å². The third kappa shape index (κ3) is 1.28. The predicted octanol–water partition coefficient (Wildman–Crippen LogP) is 2.47. The zero-order chi connectivity index (χ0) is 7.56. The maximum atomic E-state index is 11.1. The van der Waals surface area contributed by atoms with Crippen molar-refractivity contribution in [1.82, 2.24) is 0 Å². The number of hydrogen-bond acceptors (Lipinski definition) is 1. The number of ketones is 1. The molecule has 0 atom stereocenters. The maximum Gasteiger partial charge on any atom is 0.159 e. The molecule has 0 amide bonds. The zero-order valence-corrected chi connectivity index (χ0v) is 6.74. The summed E-state index contributed by atoms with van der Waals surface area (Å²) in [6, 6.07) is 0. The minimum absolute atomic E-state index is 0.388. The second kappa shape index (κ2) is 3.00. The molecule has 0 aliphatic heterocycles. The lowest BCUT2D eigenvalue weighted by atomic mass is 10.1. The van der Waals surface area contributed by atoms with E-state index in [1.54, 1.807) is 0 Å². The van der Waals surface area contributed by atoms with Crippen LogP contribution in [-0.2, 0) is 4.79 Å². The third-order valence-electron chi connectivity index (χ3n) is 2.08. The first-order chi connectivity index (χ1) is 4.75. The minimum atomic E-state index is 0.388. The topological polar surface area (TPSA) is 17.1 Å². The van der Waals surface area contributed by atoms with Crippen LogP contribution in [0.3, 0.4) is 0 Å². The highest BCUT2D eigenvalue weighted by Crippen LogP contribution is 2.25. The summed E-state index contributed by atoms with van der Waals surface area (Å²) >= 11 is 0. The maximum absolute atomic E-state index is 11.1. The van der Waals surface area contributed by atoms with Gasteiger partial charge in [-0.05, 0) is 25.3 Å². The average Bonchev–Trinajstić information content (AvgIpc) is 2.20. The van der Waals surface area contributed by atoms with E-state index in [0.29, 0.717) is 5.78 Å². The Balaban J connectivity index is 2.68. The standard InChI is InChI=1S/C9H14O/c1-3-4-8-7(2)5-6-9(8)10/h3-6H2,1-2H3. The van der Waals surface area contributed by atoms with E-state index in [1.165, 1.54) is 5.57 Å². The fourth-order valence-corrected chi connectivity index (χ4v) is 1.44. The van der Waals surface area contributed by atoms with Crippen LogP contribution in [0.2, 0.25) is 0 Å². The van der Waals surface area contributed by atoms with Crippen molar-refractivity contribution in [2.24, 2.45) is 0 Å². The molecule has 0 aromatic carbocycles. The lowest BCUT2D eigenvalue weighted by molar-refractivity contribution is -0.115. The molecule has 0 saturated heterocycles. The molecule has 0 aromatic heterocycles. The van der Waals surface area contributed by atoms with E-state index in [2.05, 4.69) is 13.8 Å². The van der Waals surface area contributed by atoms with Gasteiger partial charge in [-0.15, -0.1) is 0 Å². The largest absolute Gasteiger partial charge is 0.295 e. The summed E-state index contributed by atoms with van der Waals surface area (Å²) in [5.74, 6) is 0.388. The SMILES string of the molecule is CCCC1=C(C)CCC1=O. The van der Waals surface area contributed by atoms with Gasteiger partial charge in [-0.25, -0.2) is 0 Å². The fraction of sp³-hybridized carbons (Fsp3) is 0.667. The molecule has 1 heteroatoms. The molecule has 1 aliphatic carbocycles. The van der Waals surface area contributed by atoms with Crippen LogP contribution in [-0.4, -0.2) is 5.78 Å². The summed E-state index contributed by atoms with van der Waals surface area (Å²) < 4.78 is 0. The molecule has 0 spiro atoms. The van der Waals surface area contributed by atoms with Gasteiger partial charge in [0, 0.05) is 6.42 Å². The monoisotopic (exact) mass is 138 g/mol. The lowest BCUT2D eigenvalue weighted by Crippen LogP contribution is -1.94. The van der Waals surface area contributed by atoms with Crippen LogP contribution in [0, 0.1) is 0 Å². The zero-order valence-electron chi connectivity index (χ0n) is 6.74. The Morgan fingerprint density at radius 2 is 2.10 bits per heavy atom. The van der Waals surface area contributed by atoms with Crippen molar-refractivity contribution in [2.45, 2.75) is 39.5 Å². The quantitative estimate of drug-likeness (QED) is 0.573. The molecule has 0 N–H and O–H groups in total. The molecule has 0 radical (unpaired) electrons. The number of carbonyl (C=O) groups is 1. The Labute approximate surface area is 62.1 Å². The van der Waals surface area contributed by atoms with Crippen LogP contribution >= 0.6 is 0 Å². The summed E-state index contributed by atoms with van der Waals surface area (Å²) in [7, 11) is 0. The van der Waals surface area contributed by atoms with Crippen molar-refractivity contribution < 1.29 is 4.79 Å². The van der Waals surface area contributed by atoms with Crippen molar-refractivity contribution in [3.8, 4) is 0 Å². The van der Waals surface area contributed by atoms with Crippen LogP contribution in [0.25, 0.3) is 0 Å². The van der Waals surface area contributed by atoms with Crippen LogP contribution in [0.15, 0.2) is 11.1 Å². The normalized spacial score (nSPS) is 18.8. The molecule has 0 unspecified atom stereocenters. The predicted molar refractivity (Wildman–Crippen MR) is 41.8 cm³/mol. The highest BCUT2D eigenvalue weighted by molar-refractivity contribution is 5.98. The highest BCUT2D eigenvalue weighted by atomic mass is 16.1. The van der Waals surface area contributed by atoms with Crippen molar-refractivity contribution >= 4 is 5.78 Å². The lowest BCUT2D eigenvalue weighted by Gasteiger charge is -1.97. The molecule has 1 rings (SSSR count). The molecule has 0 aromatic rings. The Bertz CT molecular complexity index is 177. The molecule has 1 aliphatic rings. The minimum Gasteiger partial charge on any atom is -0.295 e. The van der Waals surface area contributed by atoms with Crippen LogP contribution in [0.1, 0.15) is 39.5 Å². The van der Waals surface area contributed by atoms with Crippen LogP contribution in [0.4, 0.5) is 0 Å². The first-order valence-electron chi connectivity index (χ1n) is 3.97. The Hall–Kier alpha value is -0.590. The van der Waals surface area contributed by atoms with Gasteiger partial charge in [0.2, 0.25) is 0 Å². The van der Waals surface area contributed by atoms with Crippen molar-refractivity contribution in [3.05, 3.63) is 11.1 Å². The van der Waals surface area contributed by atoms with E-state index in [-0.39, 0.29) is 0 Å². The number of hydrogen-bond donors (Lipinski definition) is 0. The fourth-order valence-electron chi connectivity index (χ4n) is 1.44. The van der Waals surface area contributed by atoms with E-state index < -0.39 is 0 Å². The summed E-state index contributed by atoms with van der Waals surface area (Å²) in [5.41, 5.74) is 2.44. The van der Waals surface area contributed by atoms with Gasteiger partial charge in [0.25, 0.3) is 0 Å². The van der Waals surface area contributed by atoms with Crippen molar-refractivity contribution in [2.75, 3.05) is 0 Å². The van der Waals surface area contributed by atoms with Gasteiger partial charge in [0.05, 0.1) is 0 Å². The molecule has 1 nitrogen and oxygen atoms in total. The van der Waals surface area contributed by atoms with Gasteiger partial charge in [0.1, 0.15) is 0 Å². The number of Topliss-reactive ketones (excluding diaryl/α,β-unsaturated/α-hetero) is 1. The third-order valence-corrected chi connectivity index (χ3v) is 2.08. The molecule has 0 heterocycles. The Morgan fingerprint density at radius 3 is 2.50 bits per heavy atom. The highest BCUT2D eigenvalue weighted by Gasteiger charge is 2.18. The number of carbonyl (C=O) groups excluding carboxylic acids is 1. The molecule has 0 fully saturated rings. The Morgan fingerprint density at radius 1 is 1.40 bits per heavy atom. The van der Waals surface area contributed by atoms with Gasteiger partial charge in [-0.2, -0.15) is 0 Å². The first-order valence-corrected chi connectivity index (χ1v) is 3.97. The van der Waals surface area contributed by atoms with Crippen LogP contribution in [0.5, 0.6) is 0 Å². The van der Waals surface area contributed by atoms with Crippen molar-refractivity contribution in [1.29, 1.82) is 0 Å². The number of allylic oxidation sites excluding steroid dienone is 2. The van der Waals surface area contributed by atoms with Crippen LogP contribution < -0.4 is 0 Å². The van der Waals surface area contributed by atoms with Gasteiger partial charge in [-0.1, -0.05) is 18.9 Å². The van der Waals surface area contributed by atoms with Crippen molar-refractivity contribution in [3.63, 3.8) is 0 Å². The molecular formula is C9H14O. The summed E-state index contributed by atoms with van der Waals surface area (Å²) in [4.78, 5) is 11.1. The van der Waals surface area contributed by atoms with Gasteiger partial charge in [-0.3, -0.25) is 4.79 Å². The van der Waals surface area contributed by atoms with Gasteiger partial charge in [0.15, 0.2) is 5.78 Å². The molecular weight excluding hydrogens is 124 g/mol. The smallest absolute Gasteiger partial charge is 0.159 e. The second-order valence-corrected chi connectivity index (χ2v) is 2.93. The average molecular weight is 138 g/mol. The summed E-state index contributed by atoms with van der Waals surface area (Å²) in [5, 5.41) is 0.